The van der Waals surface area contributed by atoms with Gasteiger partial charge >= 0.3 is 0 Å². The van der Waals surface area contributed by atoms with Crippen LogP contribution >= 0.6 is 0 Å². The zero-order chi connectivity index (χ0) is 23.6. The lowest BCUT2D eigenvalue weighted by Crippen LogP contribution is -2.43. The molecule has 0 aromatic heterocycles. The predicted molar refractivity (Wildman–Crippen MR) is 121 cm³/mol. The Balaban J connectivity index is 1.49. The van der Waals surface area contributed by atoms with Crippen molar-refractivity contribution in [1.29, 1.82) is 0 Å². The number of carbonyl (C=O) groups excluding carboxylic acids is 2. The minimum absolute atomic E-state index is 0.0328. The van der Waals surface area contributed by atoms with Crippen molar-refractivity contribution < 1.29 is 27.5 Å². The van der Waals surface area contributed by atoms with E-state index in [9.17, 15) is 18.0 Å². The second kappa shape index (κ2) is 9.29. The Morgan fingerprint density at radius 1 is 1.36 bits per heavy atom. The average Bonchev–Trinajstić information content (AvgIpc) is 2.81. The Labute approximate surface area is 193 Å². The molecule has 2 aromatic rings. The van der Waals surface area contributed by atoms with E-state index in [4.69, 9.17) is 9.47 Å². The van der Waals surface area contributed by atoms with Crippen LogP contribution in [0.1, 0.15) is 26.7 Å². The minimum Gasteiger partial charge on any atom is -0.491 e. The third-order valence-corrected chi connectivity index (χ3v) is 7.45. The largest absolute Gasteiger partial charge is 0.491 e. The van der Waals surface area contributed by atoms with Crippen molar-refractivity contribution in [1.82, 2.24) is 4.31 Å². The molecule has 2 amide bonds. The molecular formula is C23H25N3O6S. The van der Waals surface area contributed by atoms with Crippen molar-refractivity contribution >= 4 is 33.2 Å². The van der Waals surface area contributed by atoms with Gasteiger partial charge in [0.05, 0.1) is 23.1 Å². The summed E-state index contributed by atoms with van der Waals surface area (Å²) in [7, 11) is -3.87. The predicted octanol–water partition coefficient (Wildman–Crippen LogP) is 2.44. The molecule has 33 heavy (non-hydrogen) atoms. The van der Waals surface area contributed by atoms with Gasteiger partial charge in [-0.15, -0.1) is 0 Å². The van der Waals surface area contributed by atoms with Gasteiger partial charge in [-0.2, -0.15) is 4.31 Å². The summed E-state index contributed by atoms with van der Waals surface area (Å²) in [6.45, 7) is 4.24. The number of amides is 2. The number of hydrogen-bond acceptors (Lipinski definition) is 6. The third kappa shape index (κ3) is 4.74. The van der Waals surface area contributed by atoms with Crippen LogP contribution in [-0.2, 0) is 19.6 Å². The van der Waals surface area contributed by atoms with Gasteiger partial charge in [-0.3, -0.25) is 9.59 Å². The number of hydrogen-bond donors (Lipinski definition) is 2. The number of nitrogens with one attached hydrogen (secondary N) is 2. The molecule has 0 bridgehead atoms. The first-order valence-electron chi connectivity index (χ1n) is 10.8. The van der Waals surface area contributed by atoms with E-state index in [1.54, 1.807) is 19.1 Å². The lowest BCUT2D eigenvalue weighted by molar-refractivity contribution is -0.123. The average molecular weight is 472 g/mol. The van der Waals surface area contributed by atoms with Crippen molar-refractivity contribution in [3.8, 4) is 11.5 Å². The van der Waals surface area contributed by atoms with Crippen LogP contribution in [0.5, 0.6) is 11.5 Å². The summed E-state index contributed by atoms with van der Waals surface area (Å²) in [4.78, 5) is 24.8. The SMILES string of the molecule is CCOc1ccc#cc1NC(=O)C1CCCN(S(=O)(=O)c2ccc3c(c2)NC(=O)C(C)O3)C1. The fourth-order valence-electron chi connectivity index (χ4n) is 3.84. The topological polar surface area (TPSA) is 114 Å². The number of benzene rings is 1. The van der Waals surface area contributed by atoms with Crippen LogP contribution in [0.3, 0.4) is 0 Å². The van der Waals surface area contributed by atoms with E-state index in [1.807, 2.05) is 6.92 Å². The molecule has 1 fully saturated rings. The molecule has 2 aliphatic rings. The summed E-state index contributed by atoms with van der Waals surface area (Å²) in [5, 5.41) is 5.46. The molecule has 1 saturated heterocycles. The van der Waals surface area contributed by atoms with E-state index in [0.29, 0.717) is 48.9 Å². The van der Waals surface area contributed by atoms with E-state index in [2.05, 4.69) is 22.8 Å². The number of nitrogens with zero attached hydrogens (tertiary/aromatic N) is 1. The van der Waals surface area contributed by atoms with E-state index in [1.165, 1.54) is 22.5 Å². The van der Waals surface area contributed by atoms with Crippen molar-refractivity contribution in [3.05, 3.63) is 42.5 Å². The fourth-order valence-corrected chi connectivity index (χ4v) is 5.39. The van der Waals surface area contributed by atoms with Crippen molar-refractivity contribution in [3.63, 3.8) is 0 Å². The molecule has 0 saturated carbocycles. The number of carbonyl (C=O) groups is 2. The molecule has 0 spiro atoms. The van der Waals surface area contributed by atoms with Crippen molar-refractivity contribution in [2.24, 2.45) is 5.92 Å². The van der Waals surface area contributed by atoms with Gasteiger partial charge in [0.25, 0.3) is 5.91 Å². The first-order chi connectivity index (χ1) is 15.8. The highest BCUT2D eigenvalue weighted by Gasteiger charge is 2.34. The molecule has 2 N–H and O–H groups in total. The molecule has 0 aliphatic carbocycles. The first-order valence-corrected chi connectivity index (χ1v) is 12.2. The van der Waals surface area contributed by atoms with Crippen LogP contribution in [0.15, 0.2) is 35.2 Å². The number of piperidine rings is 1. The van der Waals surface area contributed by atoms with Crippen LogP contribution in [0, 0.1) is 18.1 Å². The Hall–Kier alpha value is -3.29. The maximum absolute atomic E-state index is 13.3. The highest BCUT2D eigenvalue weighted by molar-refractivity contribution is 7.89. The maximum Gasteiger partial charge on any atom is 0.265 e. The standard InChI is InChI=1S/C23H25N3O6S/c1-3-31-20-9-5-4-8-18(20)24-23(28)16-7-6-12-26(14-16)33(29,30)17-10-11-21-19(13-17)25-22(27)15(2)32-21/h5,9-11,13,15-16H,3,6-7,12,14H2,1-2H3,(H,24,28)(H,25,27). The van der Waals surface area contributed by atoms with Gasteiger partial charge in [-0.05, 0) is 63.1 Å². The quantitative estimate of drug-likeness (QED) is 0.669. The number of fused-ring (bicyclic) bond motifs is 1. The summed E-state index contributed by atoms with van der Waals surface area (Å²) < 4.78 is 38.9. The van der Waals surface area contributed by atoms with Gasteiger partial charge in [-0.1, -0.05) is 6.07 Å². The van der Waals surface area contributed by atoms with Crippen LogP contribution in [0.2, 0.25) is 0 Å². The van der Waals surface area contributed by atoms with Crippen LogP contribution in [-0.4, -0.2) is 50.3 Å². The number of ether oxygens (including phenoxy) is 2. The smallest absolute Gasteiger partial charge is 0.265 e. The van der Waals surface area contributed by atoms with Crippen LogP contribution < -0.4 is 20.1 Å². The highest BCUT2D eigenvalue weighted by Crippen LogP contribution is 2.34. The third-order valence-electron chi connectivity index (χ3n) is 5.58. The molecule has 10 heteroatoms. The Bertz CT molecular complexity index is 1170. The molecule has 2 aliphatic heterocycles. The summed E-state index contributed by atoms with van der Waals surface area (Å²) in [5.41, 5.74) is 0.689. The second-order valence-electron chi connectivity index (χ2n) is 7.87. The van der Waals surface area contributed by atoms with Crippen LogP contribution in [0.25, 0.3) is 0 Å². The lowest BCUT2D eigenvalue weighted by atomic mass is 9.99. The van der Waals surface area contributed by atoms with Crippen LogP contribution in [0.4, 0.5) is 11.4 Å². The molecular weight excluding hydrogens is 446 g/mol. The van der Waals surface area contributed by atoms with Gasteiger partial charge in [0.1, 0.15) is 11.4 Å². The Morgan fingerprint density at radius 2 is 2.18 bits per heavy atom. The summed E-state index contributed by atoms with van der Waals surface area (Å²) in [6.07, 6.45) is 0.455. The maximum atomic E-state index is 13.3. The minimum atomic E-state index is -3.87. The number of sulfonamides is 1. The van der Waals surface area contributed by atoms with E-state index in [-0.39, 0.29) is 23.3 Å². The van der Waals surface area contributed by atoms with Gasteiger partial charge in [-0.25, -0.2) is 8.42 Å². The van der Waals surface area contributed by atoms with Crippen molar-refractivity contribution in [2.75, 3.05) is 30.3 Å². The van der Waals surface area contributed by atoms with E-state index >= 15 is 0 Å². The number of rotatable bonds is 6. The fraction of sp³-hybridized carbons (Fsp3) is 0.391. The zero-order valence-corrected chi connectivity index (χ0v) is 19.2. The van der Waals surface area contributed by atoms with Gasteiger partial charge in [0.2, 0.25) is 15.9 Å². The molecule has 9 nitrogen and oxygen atoms in total. The van der Waals surface area contributed by atoms with E-state index in [0.717, 1.165) is 0 Å². The molecule has 0 radical (unpaired) electrons. The summed E-state index contributed by atoms with van der Waals surface area (Å²) >= 11 is 0. The normalized spacial score (nSPS) is 20.6. The van der Waals surface area contributed by atoms with Gasteiger partial charge in [0.15, 0.2) is 11.9 Å². The first kappa shape index (κ1) is 22.9. The van der Waals surface area contributed by atoms with Crippen molar-refractivity contribution in [2.45, 2.75) is 37.7 Å². The van der Waals surface area contributed by atoms with E-state index < -0.39 is 22.0 Å². The Kier molecular flexibility index (Phi) is 6.44. The molecule has 2 atom stereocenters. The monoisotopic (exact) mass is 471 g/mol. The molecule has 2 heterocycles. The molecule has 2 aromatic carbocycles. The molecule has 2 unspecified atom stereocenters. The highest BCUT2D eigenvalue weighted by atomic mass is 32.2. The summed E-state index contributed by atoms with van der Waals surface area (Å²) in [5.74, 6) is -0.270. The molecule has 174 valence electrons. The van der Waals surface area contributed by atoms with Gasteiger partial charge < -0.3 is 20.1 Å². The van der Waals surface area contributed by atoms with Gasteiger partial charge in [0, 0.05) is 13.1 Å². The lowest BCUT2D eigenvalue weighted by Gasteiger charge is -2.31. The number of anilines is 2. The zero-order valence-electron chi connectivity index (χ0n) is 18.4. The second-order valence-corrected chi connectivity index (χ2v) is 9.81. The summed E-state index contributed by atoms with van der Waals surface area (Å²) in [6, 6.07) is 13.3. The Morgan fingerprint density at radius 3 is 2.97 bits per heavy atom. The molecule has 4 rings (SSSR count).